The number of ether oxygens (including phenoxy) is 1. The summed E-state index contributed by atoms with van der Waals surface area (Å²) in [7, 11) is 0. The van der Waals surface area contributed by atoms with E-state index in [4.69, 9.17) is 16.3 Å². The Kier molecular flexibility index (Phi) is 3.79. The third kappa shape index (κ3) is 2.15. The van der Waals surface area contributed by atoms with Gasteiger partial charge in [-0.1, -0.05) is 54.1 Å². The second-order valence-corrected chi connectivity index (χ2v) is 5.78. The van der Waals surface area contributed by atoms with Crippen LogP contribution in [0.2, 0.25) is 5.02 Å². The number of carbonyl (C=O) groups excluding carboxylic acids is 1. The number of carbonyl (C=O) groups is 1. The summed E-state index contributed by atoms with van der Waals surface area (Å²) in [5, 5.41) is 0.655. The molecule has 1 unspecified atom stereocenters. The highest BCUT2D eigenvalue weighted by Gasteiger charge is 2.59. The molecule has 112 valence electrons. The molecule has 0 radical (unpaired) electrons. The summed E-state index contributed by atoms with van der Waals surface area (Å²) < 4.78 is 5.36. The predicted octanol–water partition coefficient (Wildman–Crippen LogP) is 4.63. The van der Waals surface area contributed by atoms with Crippen LogP contribution < -0.4 is 0 Å². The Morgan fingerprint density at radius 2 is 1.73 bits per heavy atom. The van der Waals surface area contributed by atoms with E-state index in [1.54, 1.807) is 0 Å². The van der Waals surface area contributed by atoms with Crippen molar-refractivity contribution in [2.45, 2.75) is 19.3 Å². The highest BCUT2D eigenvalue weighted by Crippen LogP contribution is 2.60. The van der Waals surface area contributed by atoms with Crippen molar-refractivity contribution in [2.75, 3.05) is 6.61 Å². The van der Waals surface area contributed by atoms with Gasteiger partial charge in [0.1, 0.15) is 5.41 Å². The Balaban J connectivity index is 2.08. The molecule has 0 saturated carbocycles. The molecule has 0 aromatic heterocycles. The summed E-state index contributed by atoms with van der Waals surface area (Å²) in [6.07, 6.45) is 0. The van der Waals surface area contributed by atoms with Gasteiger partial charge in [-0.3, -0.25) is 4.79 Å². The molecule has 0 aliphatic heterocycles. The van der Waals surface area contributed by atoms with Gasteiger partial charge in [-0.25, -0.2) is 0 Å². The molecule has 2 aromatic rings. The molecule has 0 saturated heterocycles. The summed E-state index contributed by atoms with van der Waals surface area (Å²) in [5.41, 5.74) is 3.28. The van der Waals surface area contributed by atoms with Gasteiger partial charge in [0.2, 0.25) is 0 Å². The first kappa shape index (κ1) is 14.9. The fraction of sp³-hybridized carbons (Fsp3) is 0.211. The Hall–Kier alpha value is -2.06. The minimum atomic E-state index is -0.762. The molecule has 2 aromatic carbocycles. The Labute approximate surface area is 135 Å². The van der Waals surface area contributed by atoms with Gasteiger partial charge in [0, 0.05) is 5.02 Å². The zero-order valence-electron chi connectivity index (χ0n) is 12.6. The van der Waals surface area contributed by atoms with Gasteiger partial charge < -0.3 is 4.74 Å². The molecule has 0 fully saturated rings. The molecule has 22 heavy (non-hydrogen) atoms. The smallest absolute Gasteiger partial charge is 0.325 e. The molecule has 3 heteroatoms. The van der Waals surface area contributed by atoms with Crippen LogP contribution in [0.15, 0.2) is 60.2 Å². The first-order chi connectivity index (χ1) is 10.6. The van der Waals surface area contributed by atoms with E-state index in [-0.39, 0.29) is 5.97 Å². The van der Waals surface area contributed by atoms with Crippen LogP contribution in [0.3, 0.4) is 0 Å². The van der Waals surface area contributed by atoms with Crippen molar-refractivity contribution in [1.29, 1.82) is 0 Å². The zero-order valence-corrected chi connectivity index (χ0v) is 13.4. The fourth-order valence-electron chi connectivity index (χ4n) is 3.12. The highest BCUT2D eigenvalue weighted by atomic mass is 35.5. The standard InChI is InChI=1S/C19H17ClO2/c1-3-22-18(21)19(15-9-11-16(20)12-10-15)13(2)17(19)14-7-5-4-6-8-14/h4-12H,3H2,1-2H3. The first-order valence-electron chi connectivity index (χ1n) is 7.33. The van der Waals surface area contributed by atoms with E-state index < -0.39 is 5.41 Å². The lowest BCUT2D eigenvalue weighted by molar-refractivity contribution is -0.145. The zero-order chi connectivity index (χ0) is 15.7. The molecule has 0 bridgehead atoms. The maximum Gasteiger partial charge on any atom is 0.325 e. The second-order valence-electron chi connectivity index (χ2n) is 5.34. The summed E-state index contributed by atoms with van der Waals surface area (Å²) in [6.45, 7) is 4.19. The Morgan fingerprint density at radius 3 is 2.32 bits per heavy atom. The average Bonchev–Trinajstić information content (AvgIpc) is 3.16. The summed E-state index contributed by atoms with van der Waals surface area (Å²) in [6, 6.07) is 17.4. The van der Waals surface area contributed by atoms with Crippen LogP contribution in [0.4, 0.5) is 0 Å². The van der Waals surface area contributed by atoms with E-state index in [9.17, 15) is 4.79 Å². The number of hydrogen-bond donors (Lipinski definition) is 0. The summed E-state index contributed by atoms with van der Waals surface area (Å²) in [5.74, 6) is -0.214. The van der Waals surface area contributed by atoms with E-state index in [1.165, 1.54) is 0 Å². The molecule has 3 rings (SSSR count). The summed E-state index contributed by atoms with van der Waals surface area (Å²) >= 11 is 5.98. The monoisotopic (exact) mass is 312 g/mol. The van der Waals surface area contributed by atoms with Crippen molar-refractivity contribution in [3.05, 3.63) is 76.3 Å². The molecule has 0 spiro atoms. The second kappa shape index (κ2) is 5.62. The third-order valence-corrected chi connectivity index (χ3v) is 4.42. The van der Waals surface area contributed by atoms with Crippen LogP contribution in [0.25, 0.3) is 5.57 Å². The third-order valence-electron chi connectivity index (χ3n) is 4.17. The first-order valence-corrected chi connectivity index (χ1v) is 7.70. The number of halogens is 1. The summed E-state index contributed by atoms with van der Waals surface area (Å²) in [4.78, 5) is 12.7. The van der Waals surface area contributed by atoms with Crippen molar-refractivity contribution >= 4 is 23.1 Å². The van der Waals surface area contributed by atoms with Crippen molar-refractivity contribution in [2.24, 2.45) is 0 Å². The molecule has 0 amide bonds. The van der Waals surface area contributed by atoms with Crippen LogP contribution in [0, 0.1) is 0 Å². The fourth-order valence-corrected chi connectivity index (χ4v) is 3.24. The molecule has 1 aliphatic rings. The molecule has 2 nitrogen and oxygen atoms in total. The lowest BCUT2D eigenvalue weighted by Crippen LogP contribution is -2.28. The molecule has 1 atom stereocenters. The van der Waals surface area contributed by atoms with Crippen molar-refractivity contribution in [1.82, 2.24) is 0 Å². The molecular formula is C19H17ClO2. The Morgan fingerprint density at radius 1 is 1.09 bits per heavy atom. The molecule has 1 aliphatic carbocycles. The predicted molar refractivity (Wildman–Crippen MR) is 88.8 cm³/mol. The van der Waals surface area contributed by atoms with Crippen LogP contribution in [0.1, 0.15) is 25.0 Å². The van der Waals surface area contributed by atoms with Gasteiger partial charge in [0.15, 0.2) is 0 Å². The van der Waals surface area contributed by atoms with Crippen LogP contribution >= 0.6 is 11.6 Å². The number of hydrogen-bond acceptors (Lipinski definition) is 2. The van der Waals surface area contributed by atoms with Gasteiger partial charge in [-0.2, -0.15) is 0 Å². The Bertz CT molecular complexity index is 732. The largest absolute Gasteiger partial charge is 0.465 e. The van der Waals surface area contributed by atoms with Gasteiger partial charge >= 0.3 is 5.97 Å². The van der Waals surface area contributed by atoms with Crippen LogP contribution in [-0.2, 0) is 14.9 Å². The normalized spacial score (nSPS) is 20.0. The molecular weight excluding hydrogens is 296 g/mol. The molecule has 0 N–H and O–H groups in total. The van der Waals surface area contributed by atoms with E-state index in [0.717, 1.165) is 22.3 Å². The van der Waals surface area contributed by atoms with Crippen molar-refractivity contribution < 1.29 is 9.53 Å². The van der Waals surface area contributed by atoms with E-state index in [0.29, 0.717) is 11.6 Å². The maximum atomic E-state index is 12.7. The maximum absolute atomic E-state index is 12.7. The van der Waals surface area contributed by atoms with Gasteiger partial charge in [0.25, 0.3) is 0 Å². The number of esters is 1. The van der Waals surface area contributed by atoms with Crippen molar-refractivity contribution in [3.63, 3.8) is 0 Å². The van der Waals surface area contributed by atoms with Crippen molar-refractivity contribution in [3.8, 4) is 0 Å². The van der Waals surface area contributed by atoms with Gasteiger partial charge in [0.05, 0.1) is 6.61 Å². The minimum Gasteiger partial charge on any atom is -0.465 e. The highest BCUT2D eigenvalue weighted by molar-refractivity contribution is 6.30. The SMILES string of the molecule is CCOC(=O)C1(c2ccc(Cl)cc2)C(C)=C1c1ccccc1. The average molecular weight is 313 g/mol. The van der Waals surface area contributed by atoms with E-state index in [1.807, 2.05) is 68.4 Å². The lowest BCUT2D eigenvalue weighted by atomic mass is 9.86. The van der Waals surface area contributed by atoms with Gasteiger partial charge in [-0.05, 0) is 48.3 Å². The van der Waals surface area contributed by atoms with Gasteiger partial charge in [-0.15, -0.1) is 0 Å². The lowest BCUT2D eigenvalue weighted by Gasteiger charge is -2.19. The number of rotatable bonds is 4. The van der Waals surface area contributed by atoms with Crippen LogP contribution in [-0.4, -0.2) is 12.6 Å². The topological polar surface area (TPSA) is 26.3 Å². The quantitative estimate of drug-likeness (QED) is 0.769. The molecule has 0 heterocycles. The van der Waals surface area contributed by atoms with Crippen LogP contribution in [0.5, 0.6) is 0 Å². The van der Waals surface area contributed by atoms with E-state index in [2.05, 4.69) is 0 Å². The number of benzene rings is 2. The van der Waals surface area contributed by atoms with E-state index >= 15 is 0 Å². The minimum absolute atomic E-state index is 0.214.